The number of benzene rings is 2. The Labute approximate surface area is 144 Å². The molecular weight excluding hydrogens is 310 g/mol. The molecule has 0 spiro atoms. The van der Waals surface area contributed by atoms with Gasteiger partial charge in [-0.1, -0.05) is 30.3 Å². The normalized spacial score (nSPS) is 16.8. The number of phenolic OH excluding ortho intramolecular Hbond substituents is 1. The molecule has 2 aromatic carbocycles. The van der Waals surface area contributed by atoms with Crippen molar-refractivity contribution < 1.29 is 9.84 Å². The minimum absolute atomic E-state index is 0. The topological polar surface area (TPSA) is 41.5 Å². The van der Waals surface area contributed by atoms with Crippen molar-refractivity contribution in [3.05, 3.63) is 59.7 Å². The Kier molecular flexibility index (Phi) is 6.75. The van der Waals surface area contributed by atoms with Crippen LogP contribution < -0.4 is 10.1 Å². The molecule has 1 atom stereocenters. The number of aromatic hydroxyl groups is 1. The first-order valence-corrected chi connectivity index (χ1v) is 8.03. The van der Waals surface area contributed by atoms with E-state index < -0.39 is 0 Å². The fraction of sp³-hybridized carbons (Fsp3) is 0.368. The molecule has 0 amide bonds. The highest BCUT2D eigenvalue weighted by Crippen LogP contribution is 2.22. The van der Waals surface area contributed by atoms with Crippen molar-refractivity contribution >= 4 is 12.4 Å². The zero-order valence-corrected chi connectivity index (χ0v) is 14.0. The highest BCUT2D eigenvalue weighted by Gasteiger charge is 2.15. The summed E-state index contributed by atoms with van der Waals surface area (Å²) >= 11 is 0. The van der Waals surface area contributed by atoms with Gasteiger partial charge in [-0.15, -0.1) is 12.4 Å². The van der Waals surface area contributed by atoms with E-state index in [1.54, 1.807) is 6.07 Å². The number of hydrogen-bond donors (Lipinski definition) is 2. The molecule has 0 radical (unpaired) electrons. The van der Waals surface area contributed by atoms with Crippen LogP contribution in [0, 0.1) is 0 Å². The van der Waals surface area contributed by atoms with Gasteiger partial charge in [-0.3, -0.25) is 0 Å². The van der Waals surface area contributed by atoms with Gasteiger partial charge in [0.15, 0.2) is 0 Å². The van der Waals surface area contributed by atoms with E-state index in [4.69, 9.17) is 4.74 Å². The molecule has 0 aliphatic carbocycles. The van der Waals surface area contributed by atoms with Crippen LogP contribution in [-0.2, 0) is 12.8 Å². The van der Waals surface area contributed by atoms with Gasteiger partial charge in [-0.2, -0.15) is 0 Å². The van der Waals surface area contributed by atoms with Crippen LogP contribution in [0.2, 0.25) is 0 Å². The van der Waals surface area contributed by atoms with Crippen LogP contribution in [0.4, 0.5) is 0 Å². The molecule has 124 valence electrons. The monoisotopic (exact) mass is 333 g/mol. The summed E-state index contributed by atoms with van der Waals surface area (Å²) in [6.45, 7) is 1.84. The third kappa shape index (κ3) is 5.15. The third-order valence-electron chi connectivity index (χ3n) is 4.17. The van der Waals surface area contributed by atoms with E-state index in [0.29, 0.717) is 11.8 Å². The van der Waals surface area contributed by atoms with Crippen LogP contribution in [0.15, 0.2) is 48.5 Å². The van der Waals surface area contributed by atoms with Crippen molar-refractivity contribution in [3.63, 3.8) is 0 Å². The van der Waals surface area contributed by atoms with Gasteiger partial charge in [-0.25, -0.2) is 0 Å². The van der Waals surface area contributed by atoms with Crippen molar-refractivity contribution in [2.24, 2.45) is 0 Å². The highest BCUT2D eigenvalue weighted by molar-refractivity contribution is 5.85. The minimum atomic E-state index is 0. The molecule has 1 heterocycles. The van der Waals surface area contributed by atoms with Gasteiger partial charge >= 0.3 is 0 Å². The second-order valence-corrected chi connectivity index (χ2v) is 5.88. The maximum atomic E-state index is 9.54. The van der Waals surface area contributed by atoms with Crippen molar-refractivity contribution in [2.45, 2.75) is 31.7 Å². The molecule has 1 aliphatic rings. The van der Waals surface area contributed by atoms with Gasteiger partial charge in [0, 0.05) is 6.04 Å². The molecule has 0 aromatic heterocycles. The minimum Gasteiger partial charge on any atom is -0.508 e. The Morgan fingerprint density at radius 2 is 1.96 bits per heavy atom. The fourth-order valence-corrected chi connectivity index (χ4v) is 2.93. The van der Waals surface area contributed by atoms with Crippen LogP contribution in [0.5, 0.6) is 11.5 Å². The number of halogens is 1. The molecule has 0 unspecified atom stereocenters. The van der Waals surface area contributed by atoms with E-state index in [1.807, 2.05) is 30.3 Å². The number of hydrogen-bond acceptors (Lipinski definition) is 3. The van der Waals surface area contributed by atoms with Crippen molar-refractivity contribution in [1.82, 2.24) is 5.32 Å². The molecule has 1 saturated heterocycles. The first kappa shape index (κ1) is 17.6. The summed E-state index contributed by atoms with van der Waals surface area (Å²) in [6.07, 6.45) is 4.26. The van der Waals surface area contributed by atoms with Gasteiger partial charge in [0.2, 0.25) is 0 Å². The molecule has 2 aromatic rings. The summed E-state index contributed by atoms with van der Waals surface area (Å²) in [4.78, 5) is 0. The Morgan fingerprint density at radius 1 is 1.09 bits per heavy atom. The predicted octanol–water partition coefficient (Wildman–Crippen LogP) is 3.73. The Hall–Kier alpha value is -1.71. The van der Waals surface area contributed by atoms with Crippen molar-refractivity contribution in [3.8, 4) is 11.5 Å². The zero-order valence-electron chi connectivity index (χ0n) is 13.2. The van der Waals surface area contributed by atoms with Crippen LogP contribution in [0.25, 0.3) is 0 Å². The summed E-state index contributed by atoms with van der Waals surface area (Å²) in [6, 6.07) is 16.2. The number of ether oxygens (including phenoxy) is 1. The van der Waals surface area contributed by atoms with E-state index in [-0.39, 0.29) is 12.4 Å². The summed E-state index contributed by atoms with van der Waals surface area (Å²) in [7, 11) is 0. The van der Waals surface area contributed by atoms with Gasteiger partial charge in [0.1, 0.15) is 18.1 Å². The molecule has 0 saturated carbocycles. The van der Waals surface area contributed by atoms with Crippen LogP contribution in [-0.4, -0.2) is 24.3 Å². The van der Waals surface area contributed by atoms with Crippen molar-refractivity contribution in [1.29, 1.82) is 0 Å². The average molecular weight is 334 g/mol. The largest absolute Gasteiger partial charge is 0.508 e. The summed E-state index contributed by atoms with van der Waals surface area (Å²) in [5.41, 5.74) is 2.37. The van der Waals surface area contributed by atoms with E-state index in [0.717, 1.165) is 37.3 Å². The van der Waals surface area contributed by atoms with Gasteiger partial charge in [0.05, 0.1) is 0 Å². The smallest absolute Gasteiger partial charge is 0.122 e. The van der Waals surface area contributed by atoms with E-state index in [9.17, 15) is 5.11 Å². The average Bonchev–Trinajstić information content (AvgIpc) is 3.05. The summed E-state index contributed by atoms with van der Waals surface area (Å²) < 4.78 is 6.02. The lowest BCUT2D eigenvalue weighted by atomic mass is 10.0. The first-order valence-electron chi connectivity index (χ1n) is 8.03. The van der Waals surface area contributed by atoms with Crippen LogP contribution >= 0.6 is 12.4 Å². The first-order chi connectivity index (χ1) is 10.8. The molecule has 1 fully saturated rings. The van der Waals surface area contributed by atoms with Crippen LogP contribution in [0.3, 0.4) is 0 Å². The predicted molar refractivity (Wildman–Crippen MR) is 95.7 cm³/mol. The maximum absolute atomic E-state index is 9.54. The molecule has 3 rings (SSSR count). The van der Waals surface area contributed by atoms with Crippen LogP contribution in [0.1, 0.15) is 24.0 Å². The van der Waals surface area contributed by atoms with Crippen molar-refractivity contribution in [2.75, 3.05) is 13.2 Å². The molecular formula is C19H24ClNO2. The van der Waals surface area contributed by atoms with Gasteiger partial charge in [-0.05, 0) is 61.6 Å². The lowest BCUT2D eigenvalue weighted by Crippen LogP contribution is -2.28. The maximum Gasteiger partial charge on any atom is 0.122 e. The van der Waals surface area contributed by atoms with E-state index in [1.165, 1.54) is 18.4 Å². The lowest BCUT2D eigenvalue weighted by Gasteiger charge is -2.15. The number of phenols is 1. The Morgan fingerprint density at radius 3 is 2.74 bits per heavy atom. The van der Waals surface area contributed by atoms with Gasteiger partial charge in [0.25, 0.3) is 0 Å². The Balaban J connectivity index is 0.00000192. The zero-order chi connectivity index (χ0) is 15.2. The quantitative estimate of drug-likeness (QED) is 0.846. The molecule has 2 N–H and O–H groups in total. The Bertz CT molecular complexity index is 612. The lowest BCUT2D eigenvalue weighted by molar-refractivity contribution is 0.274. The molecule has 3 nitrogen and oxygen atoms in total. The molecule has 4 heteroatoms. The van der Waals surface area contributed by atoms with E-state index >= 15 is 0 Å². The second-order valence-electron chi connectivity index (χ2n) is 5.88. The SMILES string of the molecule is Cl.Oc1cccc(CCc2ccccc2OC[C@@H]2CCCN2)c1. The number of aryl methyl sites for hydroxylation is 2. The standard InChI is InChI=1S/C19H23NO2.ClH/c21-18-8-3-5-15(13-18)10-11-16-6-1-2-9-19(16)22-14-17-7-4-12-20-17;/h1-3,5-6,8-9,13,17,20-21H,4,7,10-12,14H2;1H/t17-;/m0./s1. The highest BCUT2D eigenvalue weighted by atomic mass is 35.5. The number of nitrogens with one attached hydrogen (secondary N) is 1. The number of rotatable bonds is 6. The van der Waals surface area contributed by atoms with E-state index in [2.05, 4.69) is 17.4 Å². The molecule has 23 heavy (non-hydrogen) atoms. The summed E-state index contributed by atoms with van der Waals surface area (Å²) in [5.74, 6) is 1.31. The fourth-order valence-electron chi connectivity index (χ4n) is 2.93. The summed E-state index contributed by atoms with van der Waals surface area (Å²) in [5, 5.41) is 13.0. The molecule has 1 aliphatic heterocycles. The second kappa shape index (κ2) is 8.80. The number of para-hydroxylation sites is 1. The van der Waals surface area contributed by atoms with Gasteiger partial charge < -0.3 is 15.2 Å². The third-order valence-corrected chi connectivity index (χ3v) is 4.17. The molecule has 0 bridgehead atoms.